The average Bonchev–Trinajstić information content (AvgIpc) is 2.66. The van der Waals surface area contributed by atoms with E-state index in [1.807, 2.05) is 43.4 Å². The summed E-state index contributed by atoms with van der Waals surface area (Å²) in [6.07, 6.45) is 4.44. The highest BCUT2D eigenvalue weighted by Gasteiger charge is 2.25. The lowest BCUT2D eigenvalue weighted by Gasteiger charge is -2.31. The number of hydrogen-bond acceptors (Lipinski definition) is 3. The number of nitrogens with one attached hydrogen (secondary N) is 1. The minimum absolute atomic E-state index is 0.00816. The van der Waals surface area contributed by atoms with Gasteiger partial charge in [-0.2, -0.15) is 0 Å². The molecule has 152 valence electrons. The Hall–Kier alpha value is -2.40. The molecule has 5 heteroatoms. The van der Waals surface area contributed by atoms with Crippen molar-refractivity contribution in [2.45, 2.75) is 45.2 Å². The number of nitrogens with zero attached hydrogens (tertiary/aromatic N) is 3. The molecule has 1 aromatic carbocycles. The molecular weight excluding hydrogens is 348 g/mol. The lowest BCUT2D eigenvalue weighted by molar-refractivity contribution is 0.183. The molecule has 5 nitrogen and oxygen atoms in total. The molecule has 1 aromatic heterocycles. The third-order valence-electron chi connectivity index (χ3n) is 4.94. The zero-order chi connectivity index (χ0) is 20.6. The van der Waals surface area contributed by atoms with Gasteiger partial charge in [-0.25, -0.2) is 4.79 Å². The van der Waals surface area contributed by atoms with E-state index in [9.17, 15) is 4.79 Å². The number of pyridine rings is 1. The number of hydrogen-bond donors (Lipinski definition) is 1. The average molecular weight is 383 g/mol. The smallest absolute Gasteiger partial charge is 0.317 e. The van der Waals surface area contributed by atoms with Crippen molar-refractivity contribution in [2.24, 2.45) is 0 Å². The van der Waals surface area contributed by atoms with Gasteiger partial charge in [0, 0.05) is 38.1 Å². The zero-order valence-corrected chi connectivity index (χ0v) is 17.9. The number of urea groups is 1. The van der Waals surface area contributed by atoms with Gasteiger partial charge in [0.15, 0.2) is 0 Å². The molecule has 1 heterocycles. The number of carbonyl (C=O) groups is 1. The number of benzene rings is 1. The van der Waals surface area contributed by atoms with E-state index >= 15 is 0 Å². The van der Waals surface area contributed by atoms with Gasteiger partial charge < -0.3 is 15.1 Å². The normalized spacial score (nSPS) is 12.6. The maximum absolute atomic E-state index is 13.0. The molecule has 1 N–H and O–H groups in total. The van der Waals surface area contributed by atoms with Crippen LogP contribution in [0.3, 0.4) is 0 Å². The van der Waals surface area contributed by atoms with E-state index in [2.05, 4.69) is 60.2 Å². The van der Waals surface area contributed by atoms with Crippen LogP contribution < -0.4 is 5.32 Å². The summed E-state index contributed by atoms with van der Waals surface area (Å²) < 4.78 is 0. The van der Waals surface area contributed by atoms with E-state index in [1.54, 1.807) is 6.20 Å². The van der Waals surface area contributed by atoms with Crippen molar-refractivity contribution in [3.05, 3.63) is 66.0 Å². The molecule has 2 aromatic rings. The Balaban J connectivity index is 2.00. The number of aromatic nitrogens is 1. The molecule has 1 unspecified atom stereocenters. The summed E-state index contributed by atoms with van der Waals surface area (Å²) in [5.41, 5.74) is 2.32. The summed E-state index contributed by atoms with van der Waals surface area (Å²) in [7, 11) is 4.04. The number of carbonyl (C=O) groups excluding carboxylic acids is 1. The SMILES string of the molecule is CC(CC(C)(C)c1ccccc1)NC(=O)N(CCN(C)C)Cc1cccnc1. The summed E-state index contributed by atoms with van der Waals surface area (Å²) in [6.45, 7) is 8.58. The van der Waals surface area contributed by atoms with Gasteiger partial charge in [0.2, 0.25) is 0 Å². The van der Waals surface area contributed by atoms with Crippen LogP contribution in [0.1, 0.15) is 38.3 Å². The van der Waals surface area contributed by atoms with Crippen molar-refractivity contribution in [1.82, 2.24) is 20.1 Å². The van der Waals surface area contributed by atoms with E-state index in [0.717, 1.165) is 18.5 Å². The van der Waals surface area contributed by atoms with Crippen molar-refractivity contribution in [1.29, 1.82) is 0 Å². The van der Waals surface area contributed by atoms with Gasteiger partial charge in [0.1, 0.15) is 0 Å². The zero-order valence-electron chi connectivity index (χ0n) is 17.9. The highest BCUT2D eigenvalue weighted by atomic mass is 16.2. The summed E-state index contributed by atoms with van der Waals surface area (Å²) in [6, 6.07) is 14.4. The fourth-order valence-corrected chi connectivity index (χ4v) is 3.41. The number of amides is 2. The lowest BCUT2D eigenvalue weighted by atomic mass is 9.79. The van der Waals surface area contributed by atoms with Crippen LogP contribution >= 0.6 is 0 Å². The summed E-state index contributed by atoms with van der Waals surface area (Å²) >= 11 is 0. The summed E-state index contributed by atoms with van der Waals surface area (Å²) in [5.74, 6) is 0. The second kappa shape index (κ2) is 10.2. The molecule has 0 spiro atoms. The van der Waals surface area contributed by atoms with Crippen LogP contribution in [0.2, 0.25) is 0 Å². The van der Waals surface area contributed by atoms with E-state index in [1.165, 1.54) is 5.56 Å². The Morgan fingerprint density at radius 3 is 2.43 bits per heavy atom. The molecule has 0 radical (unpaired) electrons. The van der Waals surface area contributed by atoms with Gasteiger partial charge in [0.25, 0.3) is 0 Å². The quantitative estimate of drug-likeness (QED) is 0.715. The van der Waals surface area contributed by atoms with Crippen LogP contribution in [0, 0.1) is 0 Å². The molecule has 0 fully saturated rings. The predicted octanol–water partition coefficient (Wildman–Crippen LogP) is 3.91. The molecule has 0 bridgehead atoms. The lowest BCUT2D eigenvalue weighted by Crippen LogP contribution is -2.47. The maximum Gasteiger partial charge on any atom is 0.317 e. The Morgan fingerprint density at radius 2 is 1.82 bits per heavy atom. The van der Waals surface area contributed by atoms with Gasteiger partial charge in [0.05, 0.1) is 0 Å². The Labute approximate surface area is 169 Å². The first kappa shape index (κ1) is 21.9. The number of likely N-dealkylation sites (N-methyl/N-ethyl adjacent to an activating group) is 1. The second-order valence-corrected chi connectivity index (χ2v) is 8.39. The van der Waals surface area contributed by atoms with Crippen molar-refractivity contribution in [3.8, 4) is 0 Å². The van der Waals surface area contributed by atoms with Crippen LogP contribution in [-0.4, -0.2) is 54.0 Å². The Morgan fingerprint density at radius 1 is 1.11 bits per heavy atom. The first-order valence-electron chi connectivity index (χ1n) is 9.92. The van der Waals surface area contributed by atoms with Gasteiger partial charge in [-0.15, -0.1) is 0 Å². The second-order valence-electron chi connectivity index (χ2n) is 8.39. The first-order chi connectivity index (χ1) is 13.3. The van der Waals surface area contributed by atoms with Crippen molar-refractivity contribution >= 4 is 6.03 Å². The van der Waals surface area contributed by atoms with Gasteiger partial charge in [-0.05, 0) is 50.0 Å². The Kier molecular flexibility index (Phi) is 8.00. The monoisotopic (exact) mass is 382 g/mol. The van der Waals surface area contributed by atoms with Crippen LogP contribution in [-0.2, 0) is 12.0 Å². The van der Waals surface area contributed by atoms with E-state index in [0.29, 0.717) is 13.1 Å². The van der Waals surface area contributed by atoms with Crippen molar-refractivity contribution in [3.63, 3.8) is 0 Å². The molecule has 0 aliphatic carbocycles. The Bertz CT molecular complexity index is 716. The number of rotatable bonds is 9. The van der Waals surface area contributed by atoms with E-state index in [4.69, 9.17) is 0 Å². The highest BCUT2D eigenvalue weighted by Crippen LogP contribution is 2.28. The van der Waals surface area contributed by atoms with E-state index in [-0.39, 0.29) is 17.5 Å². The van der Waals surface area contributed by atoms with E-state index < -0.39 is 0 Å². The molecule has 2 rings (SSSR count). The molecule has 0 aliphatic heterocycles. The van der Waals surface area contributed by atoms with Gasteiger partial charge in [-0.3, -0.25) is 4.98 Å². The fourth-order valence-electron chi connectivity index (χ4n) is 3.41. The standard InChI is InChI=1S/C23H34N4O/c1-19(16-23(2,3)21-11-7-6-8-12-21)25-22(28)27(15-14-26(4)5)18-20-10-9-13-24-17-20/h6-13,17,19H,14-16,18H2,1-5H3,(H,25,28). The topological polar surface area (TPSA) is 48.5 Å². The third-order valence-corrected chi connectivity index (χ3v) is 4.94. The fraction of sp³-hybridized carbons (Fsp3) is 0.478. The minimum Gasteiger partial charge on any atom is -0.335 e. The first-order valence-corrected chi connectivity index (χ1v) is 9.92. The third kappa shape index (κ3) is 6.97. The molecule has 28 heavy (non-hydrogen) atoms. The van der Waals surface area contributed by atoms with Crippen molar-refractivity contribution < 1.29 is 4.79 Å². The molecule has 0 saturated carbocycles. The van der Waals surface area contributed by atoms with Crippen LogP contribution in [0.15, 0.2) is 54.9 Å². The molecule has 0 aliphatic rings. The van der Waals surface area contributed by atoms with Crippen molar-refractivity contribution in [2.75, 3.05) is 27.2 Å². The largest absolute Gasteiger partial charge is 0.335 e. The highest BCUT2D eigenvalue weighted by molar-refractivity contribution is 5.74. The van der Waals surface area contributed by atoms with Crippen LogP contribution in [0.4, 0.5) is 4.79 Å². The van der Waals surface area contributed by atoms with Crippen LogP contribution in [0.25, 0.3) is 0 Å². The maximum atomic E-state index is 13.0. The van der Waals surface area contributed by atoms with Crippen LogP contribution in [0.5, 0.6) is 0 Å². The summed E-state index contributed by atoms with van der Waals surface area (Å²) in [4.78, 5) is 21.1. The molecule has 2 amide bonds. The predicted molar refractivity (Wildman–Crippen MR) is 115 cm³/mol. The molecular formula is C23H34N4O. The van der Waals surface area contributed by atoms with Gasteiger partial charge >= 0.3 is 6.03 Å². The molecule has 0 saturated heterocycles. The summed E-state index contributed by atoms with van der Waals surface area (Å²) in [5, 5.41) is 3.20. The van der Waals surface area contributed by atoms with Gasteiger partial charge in [-0.1, -0.05) is 50.2 Å². The molecule has 1 atom stereocenters. The minimum atomic E-state index is -0.0259.